The maximum Gasteiger partial charge on any atom is 0.0566 e. The van der Waals surface area contributed by atoms with Crippen LogP contribution in [-0.2, 0) is 24.7 Å². The van der Waals surface area contributed by atoms with Crippen molar-refractivity contribution in [2.75, 3.05) is 9.80 Å². The van der Waals surface area contributed by atoms with Crippen molar-refractivity contribution < 1.29 is 0 Å². The van der Waals surface area contributed by atoms with E-state index in [2.05, 4.69) is 238 Å². The van der Waals surface area contributed by atoms with Gasteiger partial charge in [0.05, 0.1) is 12.1 Å². The van der Waals surface area contributed by atoms with Crippen molar-refractivity contribution in [3.05, 3.63) is 266 Å². The summed E-state index contributed by atoms with van der Waals surface area (Å²) in [6.07, 6.45) is 38.9. The topological polar surface area (TPSA) is 6.48 Å². The molecule has 0 fully saturated rings. The molecule has 6 aromatic rings. The van der Waals surface area contributed by atoms with E-state index < -0.39 is 0 Å². The summed E-state index contributed by atoms with van der Waals surface area (Å²) in [6, 6.07) is 48.7. The van der Waals surface area contributed by atoms with Gasteiger partial charge in [-0.1, -0.05) is 186 Å². The van der Waals surface area contributed by atoms with Crippen molar-refractivity contribution in [1.82, 2.24) is 0 Å². The molecule has 2 nitrogen and oxygen atoms in total. The number of allylic oxidation sites excluding steroid dienone is 15. The normalized spacial score (nSPS) is 22.5. The maximum atomic E-state index is 2.70. The molecule has 0 saturated heterocycles. The van der Waals surface area contributed by atoms with Crippen LogP contribution in [0.4, 0.5) is 17.1 Å². The van der Waals surface area contributed by atoms with Gasteiger partial charge in [0, 0.05) is 28.2 Å². The minimum atomic E-state index is -0.110. The molecule has 74 heavy (non-hydrogen) atoms. The van der Waals surface area contributed by atoms with E-state index in [1.807, 2.05) is 0 Å². The lowest BCUT2D eigenvalue weighted by Crippen LogP contribution is -2.37. The van der Waals surface area contributed by atoms with Crippen LogP contribution >= 0.6 is 0 Å². The number of nitrogens with zero attached hydrogens (tertiary/aromatic N) is 2. The highest BCUT2D eigenvalue weighted by Gasteiger charge is 2.46. The zero-order valence-electron chi connectivity index (χ0n) is 43.5. The lowest BCUT2D eigenvalue weighted by atomic mass is 9.71. The number of anilines is 3. The second-order valence-electron chi connectivity index (χ2n) is 23.4. The highest BCUT2D eigenvalue weighted by molar-refractivity contribution is 5.89. The van der Waals surface area contributed by atoms with Crippen LogP contribution < -0.4 is 9.80 Å². The van der Waals surface area contributed by atoms with Gasteiger partial charge in [0.1, 0.15) is 0 Å². The number of fused-ring (bicyclic) bond motifs is 8. The lowest BCUT2D eigenvalue weighted by molar-refractivity contribution is 0.332. The van der Waals surface area contributed by atoms with Crippen molar-refractivity contribution in [3.63, 3.8) is 0 Å². The monoisotopic (exact) mass is 959 g/mol. The SMILES string of the molecule is CC1(C)C2=C(CCC(/C=C/C3=CC=C4C5=C(C=C(N(c6ccc7c(c6)C=CCC7)C6C=Cc7ccccc7C6)CC5)C(C)(C)C4C3)=C2)c2ccc(N(c3ccc4ccccc4c3)C3C=Cc4ccccc4C3)cc21. The Morgan fingerprint density at radius 1 is 0.500 bits per heavy atom. The fourth-order valence-corrected chi connectivity index (χ4v) is 14.4. The van der Waals surface area contributed by atoms with Gasteiger partial charge < -0.3 is 9.80 Å². The van der Waals surface area contributed by atoms with Gasteiger partial charge in [-0.15, -0.1) is 0 Å². The smallest absolute Gasteiger partial charge is 0.0566 e. The Morgan fingerprint density at radius 2 is 1.18 bits per heavy atom. The minimum absolute atomic E-state index is 0.0312. The van der Waals surface area contributed by atoms with Crippen LogP contribution in [-0.4, -0.2) is 12.1 Å². The molecule has 0 spiro atoms. The van der Waals surface area contributed by atoms with Crippen LogP contribution in [0, 0.1) is 11.3 Å². The van der Waals surface area contributed by atoms with Crippen LogP contribution in [0.1, 0.15) is 111 Å². The number of aryl methyl sites for hydroxylation is 1. The van der Waals surface area contributed by atoms with E-state index in [0.717, 1.165) is 57.8 Å². The summed E-state index contributed by atoms with van der Waals surface area (Å²) in [7, 11) is 0. The molecule has 2 heteroatoms. The van der Waals surface area contributed by atoms with Crippen molar-refractivity contribution in [2.24, 2.45) is 11.3 Å². The van der Waals surface area contributed by atoms with Gasteiger partial charge in [-0.05, 0) is 206 Å². The first kappa shape index (κ1) is 45.2. The van der Waals surface area contributed by atoms with Gasteiger partial charge in [0.15, 0.2) is 0 Å². The van der Waals surface area contributed by atoms with E-state index in [1.54, 1.807) is 16.7 Å². The second-order valence-corrected chi connectivity index (χ2v) is 23.4. The quantitative estimate of drug-likeness (QED) is 0.150. The van der Waals surface area contributed by atoms with Gasteiger partial charge in [-0.3, -0.25) is 0 Å². The van der Waals surface area contributed by atoms with Crippen molar-refractivity contribution >= 4 is 51.6 Å². The Morgan fingerprint density at radius 3 is 1.99 bits per heavy atom. The molecule has 0 bridgehead atoms. The standard InChI is InChI=1S/C72H66N2/c1-71(2)67-39-47(23-35-63(67)65-37-33-61(45-69(65)71)73(57-29-25-49-13-5-9-17-53(49)41-57)58-30-26-50-14-6-10-18-54(50)42-58)21-22-48-24-36-64-66-38-34-62(46-70(66)72(3,4)68(64)40-48)74(59-31-27-51-15-7-11-19-55(51)43-59)60-32-28-52-16-8-12-20-56(52)44-60/h5-7,9-15,17-22,24-33,36-37,39,41,44-46,58-59,68H,8,16,23,34-35,38,40,42-43H2,1-4H3/b22-21+. The summed E-state index contributed by atoms with van der Waals surface area (Å²) in [6.45, 7) is 9.97. The number of hydrogen-bond acceptors (Lipinski definition) is 2. The van der Waals surface area contributed by atoms with Gasteiger partial charge in [0.2, 0.25) is 0 Å². The molecule has 0 aromatic heterocycles. The largest absolute Gasteiger partial charge is 0.338 e. The first-order valence-electron chi connectivity index (χ1n) is 27.7. The molecule has 0 radical (unpaired) electrons. The van der Waals surface area contributed by atoms with Crippen LogP contribution in [0.2, 0.25) is 0 Å². The molecule has 0 N–H and O–H groups in total. The first-order valence-corrected chi connectivity index (χ1v) is 27.7. The van der Waals surface area contributed by atoms with Crippen LogP contribution in [0.5, 0.6) is 0 Å². The van der Waals surface area contributed by atoms with Crippen molar-refractivity contribution in [1.29, 1.82) is 0 Å². The van der Waals surface area contributed by atoms with Gasteiger partial charge >= 0.3 is 0 Å². The van der Waals surface area contributed by atoms with Gasteiger partial charge in [-0.2, -0.15) is 0 Å². The fourth-order valence-electron chi connectivity index (χ4n) is 14.4. The zero-order valence-corrected chi connectivity index (χ0v) is 43.5. The molecular formula is C72H66N2. The van der Waals surface area contributed by atoms with E-state index in [0.29, 0.717) is 5.92 Å². The molecule has 0 heterocycles. The van der Waals surface area contributed by atoms with Crippen LogP contribution in [0.25, 0.3) is 34.6 Å². The molecule has 3 unspecified atom stereocenters. The third-order valence-corrected chi connectivity index (χ3v) is 18.5. The van der Waals surface area contributed by atoms with Gasteiger partial charge in [0.25, 0.3) is 0 Å². The Labute approximate surface area is 439 Å². The van der Waals surface area contributed by atoms with E-state index >= 15 is 0 Å². The predicted molar refractivity (Wildman–Crippen MR) is 314 cm³/mol. The fraction of sp³-hybridized carbons (Fsp3) is 0.250. The minimum Gasteiger partial charge on any atom is -0.338 e. The molecule has 8 aliphatic rings. The summed E-state index contributed by atoms with van der Waals surface area (Å²) in [5.41, 5.74) is 27.1. The van der Waals surface area contributed by atoms with E-state index in [4.69, 9.17) is 0 Å². The molecule has 0 amide bonds. The van der Waals surface area contributed by atoms with Crippen LogP contribution in [0.15, 0.2) is 221 Å². The molecule has 0 saturated carbocycles. The average molecular weight is 959 g/mol. The van der Waals surface area contributed by atoms with Crippen molar-refractivity contribution in [3.8, 4) is 0 Å². The average Bonchev–Trinajstić information content (AvgIpc) is 3.80. The zero-order chi connectivity index (χ0) is 49.7. The summed E-state index contributed by atoms with van der Waals surface area (Å²) in [4.78, 5) is 5.30. The third kappa shape index (κ3) is 7.58. The summed E-state index contributed by atoms with van der Waals surface area (Å²) in [5.74, 6) is 0.469. The maximum absolute atomic E-state index is 2.70. The molecule has 3 atom stereocenters. The molecular weight excluding hydrogens is 893 g/mol. The highest BCUT2D eigenvalue weighted by atomic mass is 15.2. The van der Waals surface area contributed by atoms with Crippen molar-refractivity contribution in [2.45, 2.75) is 103 Å². The molecule has 6 aromatic carbocycles. The van der Waals surface area contributed by atoms with Gasteiger partial charge in [-0.25, -0.2) is 0 Å². The van der Waals surface area contributed by atoms with E-state index in [1.165, 1.54) is 100 Å². The second kappa shape index (κ2) is 17.6. The number of rotatable bonds is 8. The summed E-state index contributed by atoms with van der Waals surface area (Å²) < 4.78 is 0. The van der Waals surface area contributed by atoms with Crippen LogP contribution in [0.3, 0.4) is 0 Å². The number of benzene rings is 6. The third-order valence-electron chi connectivity index (χ3n) is 18.5. The lowest BCUT2D eigenvalue weighted by Gasteiger charge is -2.39. The van der Waals surface area contributed by atoms with E-state index in [-0.39, 0.29) is 22.9 Å². The molecule has 364 valence electrons. The Bertz CT molecular complexity index is 3670. The molecule has 14 rings (SSSR count). The Hall–Kier alpha value is -7.42. The predicted octanol–water partition coefficient (Wildman–Crippen LogP) is 17.9. The first-order chi connectivity index (χ1) is 36.1. The van der Waals surface area contributed by atoms with E-state index in [9.17, 15) is 0 Å². The number of hydrogen-bond donors (Lipinski definition) is 0. The summed E-state index contributed by atoms with van der Waals surface area (Å²) in [5, 5.41) is 2.55. The Kier molecular flexibility index (Phi) is 10.8. The molecule has 0 aliphatic heterocycles. The Balaban J connectivity index is 0.732. The highest BCUT2D eigenvalue weighted by Crippen LogP contribution is 2.58. The summed E-state index contributed by atoms with van der Waals surface area (Å²) >= 11 is 0. The molecule has 8 aliphatic carbocycles.